The molecular formula is C7H6FN5. The summed E-state index contributed by atoms with van der Waals surface area (Å²) >= 11 is 0. The highest BCUT2D eigenvalue weighted by Gasteiger charge is 2.01. The minimum atomic E-state index is -0.437. The molecular weight excluding hydrogens is 173 g/mol. The topological polar surface area (TPSA) is 69.6 Å². The zero-order valence-electron chi connectivity index (χ0n) is 6.55. The summed E-state index contributed by atoms with van der Waals surface area (Å²) in [5.74, 6) is -0.155. The smallest absolute Gasteiger partial charge is 0.166 e. The van der Waals surface area contributed by atoms with Gasteiger partial charge >= 0.3 is 0 Å². The van der Waals surface area contributed by atoms with Gasteiger partial charge in [-0.25, -0.2) is 4.39 Å². The SMILES string of the molecule is Nc1cnn(-c2cncc(F)c2)n1. The molecule has 0 amide bonds. The number of hydrogen-bond acceptors (Lipinski definition) is 4. The highest BCUT2D eigenvalue weighted by Crippen LogP contribution is 2.05. The molecule has 0 aliphatic carbocycles. The highest BCUT2D eigenvalue weighted by atomic mass is 19.1. The number of aromatic nitrogens is 4. The van der Waals surface area contributed by atoms with Crippen LogP contribution in [0.1, 0.15) is 0 Å². The van der Waals surface area contributed by atoms with Gasteiger partial charge in [-0.05, 0) is 0 Å². The molecule has 66 valence electrons. The van der Waals surface area contributed by atoms with Gasteiger partial charge in [0, 0.05) is 6.07 Å². The van der Waals surface area contributed by atoms with E-state index in [4.69, 9.17) is 5.73 Å². The minimum absolute atomic E-state index is 0.282. The first-order valence-electron chi connectivity index (χ1n) is 3.54. The Kier molecular flexibility index (Phi) is 1.66. The van der Waals surface area contributed by atoms with E-state index >= 15 is 0 Å². The van der Waals surface area contributed by atoms with Crippen LogP contribution in [-0.4, -0.2) is 20.0 Å². The molecule has 0 aliphatic rings. The summed E-state index contributed by atoms with van der Waals surface area (Å²) in [6.07, 6.45) is 3.93. The number of nitrogens with zero attached hydrogens (tertiary/aromatic N) is 4. The van der Waals surface area contributed by atoms with Crippen LogP contribution in [-0.2, 0) is 0 Å². The number of pyridine rings is 1. The molecule has 13 heavy (non-hydrogen) atoms. The van der Waals surface area contributed by atoms with E-state index in [1.165, 1.54) is 23.3 Å². The van der Waals surface area contributed by atoms with Crippen molar-refractivity contribution >= 4 is 5.82 Å². The Morgan fingerprint density at radius 1 is 1.31 bits per heavy atom. The minimum Gasteiger partial charge on any atom is -0.381 e. The average Bonchev–Trinajstić information content (AvgIpc) is 2.52. The van der Waals surface area contributed by atoms with Crippen molar-refractivity contribution in [2.24, 2.45) is 0 Å². The summed E-state index contributed by atoms with van der Waals surface area (Å²) in [5, 5.41) is 7.60. The number of nitrogens with two attached hydrogens (primary N) is 1. The van der Waals surface area contributed by atoms with E-state index < -0.39 is 5.82 Å². The molecule has 6 heteroatoms. The molecule has 0 atom stereocenters. The standard InChI is InChI=1S/C7H6FN5/c8-5-1-6(3-10-2-5)13-11-4-7(9)12-13/h1-4H,(H2,9,12). The van der Waals surface area contributed by atoms with Crippen LogP contribution < -0.4 is 5.73 Å². The van der Waals surface area contributed by atoms with Gasteiger partial charge in [-0.15, -0.1) is 9.90 Å². The lowest BCUT2D eigenvalue weighted by Gasteiger charge is -1.96. The molecule has 0 spiro atoms. The van der Waals surface area contributed by atoms with Gasteiger partial charge in [-0.3, -0.25) is 4.98 Å². The normalized spacial score (nSPS) is 10.2. The Hall–Kier alpha value is -1.98. The highest BCUT2D eigenvalue weighted by molar-refractivity contribution is 5.28. The van der Waals surface area contributed by atoms with Gasteiger partial charge in [-0.1, -0.05) is 0 Å². The van der Waals surface area contributed by atoms with Crippen LogP contribution in [0, 0.1) is 5.82 Å². The van der Waals surface area contributed by atoms with Crippen LogP contribution >= 0.6 is 0 Å². The van der Waals surface area contributed by atoms with Crippen LogP contribution in [0.3, 0.4) is 0 Å². The first-order valence-corrected chi connectivity index (χ1v) is 3.54. The van der Waals surface area contributed by atoms with Gasteiger partial charge in [0.1, 0.15) is 11.5 Å². The van der Waals surface area contributed by atoms with Crippen molar-refractivity contribution in [3.63, 3.8) is 0 Å². The van der Waals surface area contributed by atoms with Gasteiger partial charge in [0.25, 0.3) is 0 Å². The Morgan fingerprint density at radius 2 is 2.15 bits per heavy atom. The molecule has 0 fully saturated rings. The molecule has 5 nitrogen and oxygen atoms in total. The average molecular weight is 179 g/mol. The third kappa shape index (κ3) is 1.46. The second-order valence-electron chi connectivity index (χ2n) is 2.42. The fourth-order valence-electron chi connectivity index (χ4n) is 0.909. The zero-order chi connectivity index (χ0) is 9.26. The van der Waals surface area contributed by atoms with Gasteiger partial charge < -0.3 is 5.73 Å². The quantitative estimate of drug-likeness (QED) is 0.687. The second kappa shape index (κ2) is 2.81. The predicted octanol–water partition coefficient (Wildman–Crippen LogP) is 0.384. The van der Waals surface area contributed by atoms with Crippen molar-refractivity contribution in [3.8, 4) is 5.69 Å². The van der Waals surface area contributed by atoms with Crippen LogP contribution in [0.4, 0.5) is 10.2 Å². The first-order chi connectivity index (χ1) is 6.25. The van der Waals surface area contributed by atoms with Gasteiger partial charge in [0.2, 0.25) is 0 Å². The van der Waals surface area contributed by atoms with Gasteiger partial charge in [0.05, 0.1) is 18.6 Å². The number of halogens is 1. The molecule has 0 bridgehead atoms. The van der Waals surface area contributed by atoms with Crippen LogP contribution in [0.15, 0.2) is 24.7 Å². The molecule has 2 N–H and O–H groups in total. The van der Waals surface area contributed by atoms with E-state index in [0.29, 0.717) is 5.69 Å². The Balaban J connectivity index is 2.46. The molecule has 0 saturated carbocycles. The van der Waals surface area contributed by atoms with Crippen molar-refractivity contribution in [3.05, 3.63) is 30.5 Å². The molecule has 0 aromatic carbocycles. The summed E-state index contributed by atoms with van der Waals surface area (Å²) < 4.78 is 12.7. The molecule has 0 aliphatic heterocycles. The van der Waals surface area contributed by atoms with Crippen LogP contribution in [0.25, 0.3) is 5.69 Å². The number of nitrogen functional groups attached to an aromatic ring is 1. The fourth-order valence-corrected chi connectivity index (χ4v) is 0.909. The Morgan fingerprint density at radius 3 is 2.77 bits per heavy atom. The predicted molar refractivity (Wildman–Crippen MR) is 43.5 cm³/mol. The van der Waals surface area contributed by atoms with Crippen molar-refractivity contribution < 1.29 is 4.39 Å². The van der Waals surface area contributed by atoms with Crippen molar-refractivity contribution in [1.29, 1.82) is 0 Å². The van der Waals surface area contributed by atoms with Gasteiger partial charge in [0.15, 0.2) is 5.82 Å². The summed E-state index contributed by atoms with van der Waals surface area (Å²) in [6.45, 7) is 0. The van der Waals surface area contributed by atoms with Crippen molar-refractivity contribution in [1.82, 2.24) is 20.0 Å². The molecule has 0 saturated heterocycles. The van der Waals surface area contributed by atoms with Crippen LogP contribution in [0.5, 0.6) is 0 Å². The maximum absolute atomic E-state index is 12.7. The lowest BCUT2D eigenvalue weighted by molar-refractivity contribution is 0.615. The summed E-state index contributed by atoms with van der Waals surface area (Å²) in [6, 6.07) is 1.27. The molecule has 0 radical (unpaired) electrons. The largest absolute Gasteiger partial charge is 0.381 e. The van der Waals surface area contributed by atoms with E-state index in [9.17, 15) is 4.39 Å². The molecule has 2 rings (SSSR count). The van der Waals surface area contributed by atoms with Crippen LogP contribution in [0.2, 0.25) is 0 Å². The van der Waals surface area contributed by atoms with Crippen molar-refractivity contribution in [2.45, 2.75) is 0 Å². The molecule has 2 heterocycles. The van der Waals surface area contributed by atoms with Crippen molar-refractivity contribution in [2.75, 3.05) is 5.73 Å². The summed E-state index contributed by atoms with van der Waals surface area (Å²) in [7, 11) is 0. The summed E-state index contributed by atoms with van der Waals surface area (Å²) in [5.41, 5.74) is 5.79. The molecule has 2 aromatic heterocycles. The van der Waals surface area contributed by atoms with E-state index in [1.807, 2.05) is 0 Å². The number of anilines is 1. The Bertz CT molecular complexity index is 424. The number of rotatable bonds is 1. The van der Waals surface area contributed by atoms with E-state index in [0.717, 1.165) is 6.20 Å². The van der Waals surface area contributed by atoms with Gasteiger partial charge in [-0.2, -0.15) is 5.10 Å². The number of hydrogen-bond donors (Lipinski definition) is 1. The summed E-state index contributed by atoms with van der Waals surface area (Å²) in [4.78, 5) is 4.87. The van der Waals surface area contributed by atoms with E-state index in [2.05, 4.69) is 15.2 Å². The first kappa shape index (κ1) is 7.66. The van der Waals surface area contributed by atoms with E-state index in [1.54, 1.807) is 0 Å². The fraction of sp³-hybridized carbons (Fsp3) is 0. The molecule has 2 aromatic rings. The van der Waals surface area contributed by atoms with E-state index in [-0.39, 0.29) is 5.82 Å². The lowest BCUT2D eigenvalue weighted by atomic mass is 10.4. The second-order valence-corrected chi connectivity index (χ2v) is 2.42. The zero-order valence-corrected chi connectivity index (χ0v) is 6.55. The third-order valence-corrected chi connectivity index (χ3v) is 1.43. The maximum atomic E-state index is 12.7. The Labute approximate surface area is 73.0 Å². The monoisotopic (exact) mass is 179 g/mol. The maximum Gasteiger partial charge on any atom is 0.166 e. The molecule has 0 unspecified atom stereocenters. The third-order valence-electron chi connectivity index (χ3n) is 1.43. The lowest BCUT2D eigenvalue weighted by Crippen LogP contribution is -2.00.